The van der Waals surface area contributed by atoms with Gasteiger partial charge < -0.3 is 0 Å². The number of nitrogens with zero attached hydrogens (tertiary/aromatic N) is 1. The molecule has 3 heteroatoms. The minimum atomic E-state index is 0.0584. The minimum absolute atomic E-state index is 0.0584. The molecule has 1 aromatic heterocycles. The fourth-order valence-corrected chi connectivity index (χ4v) is 0.571. The van der Waals surface area contributed by atoms with Gasteiger partial charge in [-0.05, 0) is 26.0 Å². The molecule has 1 rings (SSSR count). The van der Waals surface area contributed by atoms with E-state index in [9.17, 15) is 9.59 Å². The molecule has 96 valence electrons. The molecule has 0 spiro atoms. The van der Waals surface area contributed by atoms with Crippen LogP contribution in [0, 0.1) is 5.92 Å². The first-order valence-electron chi connectivity index (χ1n) is 5.86. The van der Waals surface area contributed by atoms with Crippen LogP contribution in [0.2, 0.25) is 0 Å². The van der Waals surface area contributed by atoms with Crippen LogP contribution in [0.1, 0.15) is 51.9 Å². The molecular formula is C14H23NO2. The quantitative estimate of drug-likeness (QED) is 0.739. The number of pyridine rings is 1. The van der Waals surface area contributed by atoms with E-state index in [1.807, 2.05) is 27.7 Å². The van der Waals surface area contributed by atoms with Crippen LogP contribution in [-0.2, 0) is 4.79 Å². The van der Waals surface area contributed by atoms with E-state index >= 15 is 0 Å². The molecule has 1 heterocycles. The maximum atomic E-state index is 10.6. The molecular weight excluding hydrogens is 214 g/mol. The largest absolute Gasteiger partial charge is 0.300 e. The number of rotatable bonds is 2. The second kappa shape index (κ2) is 11.0. The van der Waals surface area contributed by atoms with Crippen molar-refractivity contribution >= 4 is 11.6 Å². The third-order valence-electron chi connectivity index (χ3n) is 1.88. The molecule has 0 saturated heterocycles. The monoisotopic (exact) mass is 237 g/mol. The third-order valence-corrected chi connectivity index (χ3v) is 1.88. The van der Waals surface area contributed by atoms with Crippen molar-refractivity contribution in [3.05, 3.63) is 30.1 Å². The molecule has 1 aromatic rings. The van der Waals surface area contributed by atoms with Crippen LogP contribution in [0.4, 0.5) is 0 Å². The number of carbonyl (C=O) groups is 2. The Labute approximate surface area is 104 Å². The highest BCUT2D eigenvalue weighted by molar-refractivity contribution is 5.93. The maximum absolute atomic E-state index is 10.6. The number of hydrogen-bond donors (Lipinski definition) is 0. The molecule has 0 atom stereocenters. The van der Waals surface area contributed by atoms with Crippen LogP contribution in [0.25, 0.3) is 0 Å². The lowest BCUT2D eigenvalue weighted by Crippen LogP contribution is -1.98. The molecule has 0 bridgehead atoms. The van der Waals surface area contributed by atoms with Gasteiger partial charge in [-0.3, -0.25) is 14.6 Å². The molecule has 0 aliphatic heterocycles. The van der Waals surface area contributed by atoms with Crippen molar-refractivity contribution in [1.82, 2.24) is 4.98 Å². The van der Waals surface area contributed by atoms with Crippen molar-refractivity contribution in [2.45, 2.75) is 41.5 Å². The number of carbonyl (C=O) groups excluding carboxylic acids is 2. The molecule has 0 N–H and O–H groups in total. The van der Waals surface area contributed by atoms with Crippen molar-refractivity contribution in [2.75, 3.05) is 0 Å². The predicted octanol–water partition coefficient (Wildman–Crippen LogP) is 3.54. The van der Waals surface area contributed by atoms with Crippen LogP contribution in [0.5, 0.6) is 0 Å². The van der Waals surface area contributed by atoms with Crippen molar-refractivity contribution in [3.63, 3.8) is 0 Å². The van der Waals surface area contributed by atoms with Crippen molar-refractivity contribution in [1.29, 1.82) is 0 Å². The zero-order chi connectivity index (χ0) is 13.8. The number of Topliss-reactive ketones (excluding diaryl/α,β-unsaturated/α-hetero) is 2. The highest BCUT2D eigenvalue weighted by Crippen LogP contribution is 1.94. The van der Waals surface area contributed by atoms with Gasteiger partial charge in [0.25, 0.3) is 0 Å². The first-order chi connectivity index (χ1) is 7.95. The second-order valence-corrected chi connectivity index (χ2v) is 3.56. The molecule has 3 nitrogen and oxygen atoms in total. The molecule has 17 heavy (non-hydrogen) atoms. The fraction of sp³-hybridized carbons (Fsp3) is 0.500. The highest BCUT2D eigenvalue weighted by atomic mass is 16.1. The Bertz CT molecular complexity index is 318. The molecule has 0 fully saturated rings. The van der Waals surface area contributed by atoms with Crippen molar-refractivity contribution in [2.24, 2.45) is 5.92 Å². The van der Waals surface area contributed by atoms with Gasteiger partial charge in [0.2, 0.25) is 0 Å². The van der Waals surface area contributed by atoms with Gasteiger partial charge in [-0.1, -0.05) is 27.7 Å². The van der Waals surface area contributed by atoms with Gasteiger partial charge in [0.05, 0.1) is 0 Å². The van der Waals surface area contributed by atoms with E-state index in [1.165, 1.54) is 6.92 Å². The summed E-state index contributed by atoms with van der Waals surface area (Å²) in [7, 11) is 0. The fourth-order valence-electron chi connectivity index (χ4n) is 0.571. The van der Waals surface area contributed by atoms with E-state index in [-0.39, 0.29) is 17.5 Å². The van der Waals surface area contributed by atoms with Crippen LogP contribution in [0.3, 0.4) is 0 Å². The molecule has 0 amide bonds. The average molecular weight is 237 g/mol. The lowest BCUT2D eigenvalue weighted by Gasteiger charge is -1.90. The zero-order valence-corrected chi connectivity index (χ0v) is 11.7. The second-order valence-electron chi connectivity index (χ2n) is 3.56. The normalized spacial score (nSPS) is 8.41. The Kier molecular flexibility index (Phi) is 11.6. The van der Waals surface area contributed by atoms with Gasteiger partial charge >= 0.3 is 0 Å². The average Bonchev–Trinajstić information content (AvgIpc) is 2.33. The van der Waals surface area contributed by atoms with Gasteiger partial charge in [0.1, 0.15) is 5.78 Å². The Morgan fingerprint density at radius 3 is 1.82 bits per heavy atom. The Hall–Kier alpha value is -1.51. The summed E-state index contributed by atoms with van der Waals surface area (Å²) in [6, 6.07) is 3.49. The van der Waals surface area contributed by atoms with Gasteiger partial charge in [-0.25, -0.2) is 0 Å². The molecule has 0 aliphatic carbocycles. The van der Waals surface area contributed by atoms with E-state index in [0.717, 1.165) is 0 Å². The summed E-state index contributed by atoms with van der Waals surface area (Å²) in [5, 5.41) is 0. The van der Waals surface area contributed by atoms with Crippen LogP contribution >= 0.6 is 0 Å². The standard InChI is InChI=1S/C7H7NO.C5H10O.C2H6/c1-6(9)7-3-2-4-8-5-7;1-4(2)5(3)6;1-2/h2-5H,1H3;4H,1-3H3;1-2H3. The number of hydrogen-bond acceptors (Lipinski definition) is 3. The molecule has 0 unspecified atom stereocenters. The highest BCUT2D eigenvalue weighted by Gasteiger charge is 1.95. The first kappa shape index (κ1) is 17.9. The Morgan fingerprint density at radius 2 is 1.65 bits per heavy atom. The summed E-state index contributed by atoms with van der Waals surface area (Å²) in [6.45, 7) is 10.9. The Morgan fingerprint density at radius 1 is 1.18 bits per heavy atom. The van der Waals surface area contributed by atoms with E-state index in [4.69, 9.17) is 0 Å². The summed E-state index contributed by atoms with van der Waals surface area (Å²) in [6.07, 6.45) is 3.20. The SMILES string of the molecule is CC.CC(=O)C(C)C.CC(=O)c1cccnc1. The summed E-state index contributed by atoms with van der Waals surface area (Å²) in [5.74, 6) is 0.531. The maximum Gasteiger partial charge on any atom is 0.161 e. The van der Waals surface area contributed by atoms with E-state index < -0.39 is 0 Å². The third kappa shape index (κ3) is 10.8. The van der Waals surface area contributed by atoms with E-state index in [2.05, 4.69) is 4.98 Å². The lowest BCUT2D eigenvalue weighted by molar-refractivity contribution is -0.119. The molecule has 0 aliphatic rings. The van der Waals surface area contributed by atoms with Gasteiger partial charge in [0.15, 0.2) is 5.78 Å². The van der Waals surface area contributed by atoms with Crippen LogP contribution in [-0.4, -0.2) is 16.6 Å². The molecule has 0 aromatic carbocycles. The minimum Gasteiger partial charge on any atom is -0.300 e. The van der Waals surface area contributed by atoms with Crippen LogP contribution < -0.4 is 0 Å². The van der Waals surface area contributed by atoms with Crippen LogP contribution in [0.15, 0.2) is 24.5 Å². The van der Waals surface area contributed by atoms with Crippen molar-refractivity contribution in [3.8, 4) is 0 Å². The zero-order valence-electron chi connectivity index (χ0n) is 11.7. The number of ketones is 2. The summed E-state index contributed by atoms with van der Waals surface area (Å²) >= 11 is 0. The summed E-state index contributed by atoms with van der Waals surface area (Å²) in [4.78, 5) is 24.5. The number of aromatic nitrogens is 1. The first-order valence-corrected chi connectivity index (χ1v) is 5.86. The molecule has 0 saturated carbocycles. The Balaban J connectivity index is 0. The summed E-state index contributed by atoms with van der Waals surface area (Å²) in [5.41, 5.74) is 0.664. The lowest BCUT2D eigenvalue weighted by atomic mass is 10.1. The van der Waals surface area contributed by atoms with E-state index in [1.54, 1.807) is 31.5 Å². The topological polar surface area (TPSA) is 47.0 Å². The molecule has 0 radical (unpaired) electrons. The predicted molar refractivity (Wildman–Crippen MR) is 71.1 cm³/mol. The summed E-state index contributed by atoms with van der Waals surface area (Å²) < 4.78 is 0. The van der Waals surface area contributed by atoms with E-state index in [0.29, 0.717) is 5.56 Å². The van der Waals surface area contributed by atoms with Gasteiger partial charge in [0, 0.05) is 23.9 Å². The van der Waals surface area contributed by atoms with Crippen molar-refractivity contribution < 1.29 is 9.59 Å². The van der Waals surface area contributed by atoms with Gasteiger partial charge in [-0.15, -0.1) is 0 Å². The smallest absolute Gasteiger partial charge is 0.161 e. The van der Waals surface area contributed by atoms with Gasteiger partial charge in [-0.2, -0.15) is 0 Å².